The van der Waals surface area contributed by atoms with Crippen molar-refractivity contribution in [2.45, 2.75) is 36.1 Å². The van der Waals surface area contributed by atoms with Gasteiger partial charge in [-0.3, -0.25) is 0 Å². The molecular weight excluding hydrogens is 278 g/mol. The third-order valence-corrected chi connectivity index (χ3v) is 5.38. The molecule has 0 amide bonds. The molecule has 20 heavy (non-hydrogen) atoms. The molecule has 1 saturated carbocycles. The molecule has 1 atom stereocenters. The van der Waals surface area contributed by atoms with Crippen LogP contribution in [0.25, 0.3) is 0 Å². The van der Waals surface area contributed by atoms with Crippen molar-refractivity contribution in [2.75, 3.05) is 19.5 Å². The zero-order valence-electron chi connectivity index (χ0n) is 11.7. The first-order valence-electron chi connectivity index (χ1n) is 6.75. The van der Waals surface area contributed by atoms with E-state index in [0.29, 0.717) is 24.7 Å². The van der Waals surface area contributed by atoms with E-state index >= 15 is 0 Å². The van der Waals surface area contributed by atoms with Gasteiger partial charge in [-0.2, -0.15) is 0 Å². The molecule has 6 heteroatoms. The summed E-state index contributed by atoms with van der Waals surface area (Å²) in [4.78, 5) is 0.254. The van der Waals surface area contributed by atoms with Gasteiger partial charge in [-0.25, -0.2) is 8.42 Å². The van der Waals surface area contributed by atoms with E-state index in [4.69, 9.17) is 15.2 Å². The molecular formula is C14H19NO4S. The number of nitrogens with two attached hydrogens (primary N) is 1. The van der Waals surface area contributed by atoms with Gasteiger partial charge in [0.25, 0.3) is 0 Å². The summed E-state index contributed by atoms with van der Waals surface area (Å²) in [6, 6.07) is 3.53. The summed E-state index contributed by atoms with van der Waals surface area (Å²) >= 11 is 0. The highest BCUT2D eigenvalue weighted by atomic mass is 32.2. The van der Waals surface area contributed by atoms with Crippen molar-refractivity contribution in [3.63, 3.8) is 0 Å². The number of ether oxygens (including phenoxy) is 2. The Morgan fingerprint density at radius 2 is 1.90 bits per heavy atom. The summed E-state index contributed by atoms with van der Waals surface area (Å²) < 4.78 is 35.6. The second-order valence-corrected chi connectivity index (χ2v) is 7.64. The van der Waals surface area contributed by atoms with Gasteiger partial charge in [0, 0.05) is 17.7 Å². The van der Waals surface area contributed by atoms with Crippen LogP contribution in [0.15, 0.2) is 17.0 Å². The molecule has 2 aliphatic rings. The predicted molar refractivity (Wildman–Crippen MR) is 75.1 cm³/mol. The molecule has 2 N–H and O–H groups in total. The molecule has 1 aromatic rings. The van der Waals surface area contributed by atoms with Gasteiger partial charge < -0.3 is 15.2 Å². The molecule has 1 aromatic carbocycles. The van der Waals surface area contributed by atoms with Crippen LogP contribution in [0.4, 0.5) is 0 Å². The van der Waals surface area contributed by atoms with Crippen LogP contribution in [-0.4, -0.2) is 33.9 Å². The summed E-state index contributed by atoms with van der Waals surface area (Å²) in [5, 5.41) is 0. The Morgan fingerprint density at radius 1 is 1.25 bits per heavy atom. The Hall–Kier alpha value is -1.27. The minimum atomic E-state index is -3.41. The molecule has 1 aliphatic heterocycles. The highest BCUT2D eigenvalue weighted by molar-refractivity contribution is 7.90. The molecule has 110 valence electrons. The third kappa shape index (κ3) is 1.98. The summed E-state index contributed by atoms with van der Waals surface area (Å²) in [5.41, 5.74) is 6.62. The van der Waals surface area contributed by atoms with Crippen LogP contribution in [0, 0.1) is 0 Å². The van der Waals surface area contributed by atoms with Gasteiger partial charge in [-0.1, -0.05) is 6.07 Å². The van der Waals surface area contributed by atoms with Crippen LogP contribution in [0.1, 0.15) is 25.3 Å². The van der Waals surface area contributed by atoms with E-state index in [9.17, 15) is 8.42 Å². The standard InChI is InChI=1S/C14H19NO4S/c1-9(15)14(5-6-14)10-3-4-11-12(19-8-7-18-11)13(10)20(2,16)17/h3-4,9H,5-8,15H2,1-2H3. The van der Waals surface area contributed by atoms with Crippen LogP contribution in [0.2, 0.25) is 0 Å². The van der Waals surface area contributed by atoms with E-state index < -0.39 is 9.84 Å². The van der Waals surface area contributed by atoms with Crippen molar-refractivity contribution in [3.05, 3.63) is 17.7 Å². The average Bonchev–Trinajstić information content (AvgIpc) is 3.17. The Labute approximate surface area is 119 Å². The highest BCUT2D eigenvalue weighted by Gasteiger charge is 2.50. The fourth-order valence-corrected chi connectivity index (χ4v) is 4.12. The molecule has 3 rings (SSSR count). The summed E-state index contributed by atoms with van der Waals surface area (Å²) in [6.07, 6.45) is 3.03. The Morgan fingerprint density at radius 3 is 2.45 bits per heavy atom. The maximum Gasteiger partial charge on any atom is 0.180 e. The normalized spacial score (nSPS) is 21.4. The third-order valence-electron chi connectivity index (χ3n) is 4.23. The van der Waals surface area contributed by atoms with E-state index in [1.807, 2.05) is 13.0 Å². The van der Waals surface area contributed by atoms with Gasteiger partial charge in [-0.05, 0) is 31.4 Å². The zero-order chi connectivity index (χ0) is 14.5. The summed E-state index contributed by atoms with van der Waals surface area (Å²) in [6.45, 7) is 2.73. The van der Waals surface area contributed by atoms with Crippen molar-refractivity contribution in [2.24, 2.45) is 5.73 Å². The van der Waals surface area contributed by atoms with Crippen molar-refractivity contribution >= 4 is 9.84 Å². The van der Waals surface area contributed by atoms with Crippen molar-refractivity contribution in [1.82, 2.24) is 0 Å². The monoisotopic (exact) mass is 297 g/mol. The molecule has 5 nitrogen and oxygen atoms in total. The van der Waals surface area contributed by atoms with Gasteiger partial charge in [0.1, 0.15) is 18.1 Å². The number of benzene rings is 1. The molecule has 1 unspecified atom stereocenters. The highest BCUT2D eigenvalue weighted by Crippen LogP contribution is 2.55. The smallest absolute Gasteiger partial charge is 0.180 e. The maximum atomic E-state index is 12.2. The minimum absolute atomic E-state index is 0.0921. The molecule has 0 bridgehead atoms. The first-order chi connectivity index (χ1) is 9.36. The molecule has 0 spiro atoms. The molecule has 0 radical (unpaired) electrons. The molecule has 1 aliphatic carbocycles. The Kier molecular flexibility index (Phi) is 2.99. The second kappa shape index (κ2) is 4.36. The first kappa shape index (κ1) is 13.7. The van der Waals surface area contributed by atoms with Crippen LogP contribution >= 0.6 is 0 Å². The Balaban J connectivity index is 2.26. The van der Waals surface area contributed by atoms with Gasteiger partial charge in [0.2, 0.25) is 0 Å². The van der Waals surface area contributed by atoms with Crippen molar-refractivity contribution < 1.29 is 17.9 Å². The number of hydrogen-bond acceptors (Lipinski definition) is 5. The lowest BCUT2D eigenvalue weighted by atomic mass is 9.89. The van der Waals surface area contributed by atoms with Crippen LogP contribution in [0.5, 0.6) is 11.5 Å². The first-order valence-corrected chi connectivity index (χ1v) is 8.64. The van der Waals surface area contributed by atoms with Crippen LogP contribution in [-0.2, 0) is 15.3 Å². The van der Waals surface area contributed by atoms with Crippen LogP contribution in [0.3, 0.4) is 0 Å². The van der Waals surface area contributed by atoms with E-state index in [1.165, 1.54) is 6.26 Å². The predicted octanol–water partition coefficient (Wildman–Crippen LogP) is 1.24. The molecule has 0 saturated heterocycles. The Bertz CT molecular complexity index is 647. The lowest BCUT2D eigenvalue weighted by molar-refractivity contribution is 0.166. The minimum Gasteiger partial charge on any atom is -0.486 e. The lowest BCUT2D eigenvalue weighted by Crippen LogP contribution is -2.33. The van der Waals surface area contributed by atoms with Gasteiger partial charge >= 0.3 is 0 Å². The average molecular weight is 297 g/mol. The largest absolute Gasteiger partial charge is 0.486 e. The number of fused-ring (bicyclic) bond motifs is 1. The number of sulfone groups is 1. The lowest BCUT2D eigenvalue weighted by Gasteiger charge is -2.27. The van der Waals surface area contributed by atoms with E-state index in [2.05, 4.69) is 0 Å². The molecule has 1 heterocycles. The number of hydrogen-bond donors (Lipinski definition) is 1. The maximum absolute atomic E-state index is 12.2. The SMILES string of the molecule is CC(N)C1(c2ccc3c(c2S(C)(=O)=O)OCCO3)CC1. The van der Waals surface area contributed by atoms with Gasteiger partial charge in [0.15, 0.2) is 21.3 Å². The van der Waals surface area contributed by atoms with Gasteiger partial charge in [0.05, 0.1) is 0 Å². The molecule has 1 fully saturated rings. The summed E-state index contributed by atoms with van der Waals surface area (Å²) in [5.74, 6) is 0.851. The number of rotatable bonds is 3. The fourth-order valence-electron chi connectivity index (χ4n) is 2.96. The molecule has 0 aromatic heterocycles. The van der Waals surface area contributed by atoms with Gasteiger partial charge in [-0.15, -0.1) is 0 Å². The van der Waals surface area contributed by atoms with Crippen molar-refractivity contribution in [1.29, 1.82) is 0 Å². The van der Waals surface area contributed by atoms with E-state index in [0.717, 1.165) is 18.4 Å². The second-order valence-electron chi connectivity index (χ2n) is 5.68. The van der Waals surface area contributed by atoms with Crippen LogP contribution < -0.4 is 15.2 Å². The quantitative estimate of drug-likeness (QED) is 0.908. The van der Waals surface area contributed by atoms with E-state index in [1.54, 1.807) is 6.07 Å². The zero-order valence-corrected chi connectivity index (χ0v) is 12.5. The topological polar surface area (TPSA) is 78.6 Å². The van der Waals surface area contributed by atoms with E-state index in [-0.39, 0.29) is 16.4 Å². The van der Waals surface area contributed by atoms with Crippen molar-refractivity contribution in [3.8, 4) is 11.5 Å². The fraction of sp³-hybridized carbons (Fsp3) is 0.571. The summed E-state index contributed by atoms with van der Waals surface area (Å²) in [7, 11) is -3.41.